The Morgan fingerprint density at radius 2 is 1.20 bits per heavy atom. The number of hydrogen-bond acceptors (Lipinski definition) is 0. The van der Waals surface area contributed by atoms with Crippen molar-refractivity contribution in [3.63, 3.8) is 0 Å². The summed E-state index contributed by atoms with van der Waals surface area (Å²) in [5, 5.41) is 2.50. The molecule has 1 atom stereocenters. The summed E-state index contributed by atoms with van der Waals surface area (Å²) in [5.41, 5.74) is 12.5. The first-order valence-corrected chi connectivity index (χ1v) is 12.8. The third-order valence-electron chi connectivity index (χ3n) is 8.23. The molecule has 0 amide bonds. The van der Waals surface area contributed by atoms with Gasteiger partial charge in [0.25, 0.3) is 0 Å². The lowest BCUT2D eigenvalue weighted by Crippen LogP contribution is -2.39. The van der Waals surface area contributed by atoms with Gasteiger partial charge in [0, 0.05) is 36.2 Å². The highest BCUT2D eigenvalue weighted by atomic mass is 15.2. The third-order valence-corrected chi connectivity index (χ3v) is 8.23. The average Bonchev–Trinajstić information content (AvgIpc) is 3.63. The van der Waals surface area contributed by atoms with Gasteiger partial charge in [-0.25, -0.2) is 0 Å². The topological polar surface area (TPSA) is 15.9 Å². The molecule has 4 aliphatic rings. The molecule has 4 nitrogen and oxygen atoms in total. The van der Waals surface area contributed by atoms with Gasteiger partial charge in [0.2, 0.25) is 0 Å². The van der Waals surface area contributed by atoms with Crippen molar-refractivity contribution in [2.45, 2.75) is 60.0 Å². The number of fused-ring (bicyclic) bond motifs is 2. The van der Waals surface area contributed by atoms with E-state index >= 15 is 0 Å². The van der Waals surface area contributed by atoms with Crippen molar-refractivity contribution in [3.05, 3.63) is 96.1 Å². The van der Waals surface area contributed by atoms with Crippen LogP contribution in [-0.2, 0) is 0 Å². The van der Waals surface area contributed by atoms with Crippen LogP contribution in [0, 0.1) is 14.1 Å². The Hall–Kier alpha value is -3.66. The van der Waals surface area contributed by atoms with E-state index in [-0.39, 0.29) is 6.17 Å². The van der Waals surface area contributed by atoms with Crippen molar-refractivity contribution < 1.29 is 9.15 Å². The Labute approximate surface area is 208 Å². The number of nitrogens with zero attached hydrogens (tertiary/aromatic N) is 4. The zero-order chi connectivity index (χ0) is 24.6. The molecule has 0 saturated heterocycles. The molecule has 6 rings (SSSR count). The first kappa shape index (κ1) is 21.8. The first-order valence-electron chi connectivity index (χ1n) is 12.8. The van der Waals surface area contributed by atoms with Gasteiger partial charge in [-0.3, -0.25) is 0 Å². The standard InChI is InChI=1S/C31H34N4/c1-8-21-26-13-11-24(32(26)6)19(4)25-12-16-29-22(9-2)27-14-15-28(33(27)7)23(10-3)31-18-17-30(21)35(31)20(5)34(25)29/h11-18,20H,6-10H2,1-5H3. The number of allylic oxidation sites excluding steroid dienone is 6. The van der Waals surface area contributed by atoms with Crippen molar-refractivity contribution in [1.82, 2.24) is 9.13 Å². The normalized spacial score (nSPS) is 20.8. The SMILES string of the molecule is [CH2-][N+]1=C2C=CC1=C(CC)c1ccc3n1C(C)n1c(ccc1=C(CC)C1=[N+]([CH2-])C(=C3CC)C=C1)=C2C. The van der Waals surface area contributed by atoms with Crippen molar-refractivity contribution in [2.75, 3.05) is 0 Å². The molecule has 2 aromatic heterocycles. The van der Waals surface area contributed by atoms with E-state index in [0.717, 1.165) is 25.0 Å². The smallest absolute Gasteiger partial charge is 0.109 e. The highest BCUT2D eigenvalue weighted by molar-refractivity contribution is 6.23. The summed E-state index contributed by atoms with van der Waals surface area (Å²) in [5.74, 6) is 0. The molecule has 0 N–H and O–H groups in total. The van der Waals surface area contributed by atoms with Crippen LogP contribution in [0.3, 0.4) is 0 Å². The fourth-order valence-corrected chi connectivity index (χ4v) is 6.53. The predicted octanol–water partition coefficient (Wildman–Crippen LogP) is 4.99. The van der Waals surface area contributed by atoms with E-state index < -0.39 is 0 Å². The molecule has 0 aromatic carbocycles. The van der Waals surface area contributed by atoms with E-state index in [2.05, 4.69) is 116 Å². The van der Waals surface area contributed by atoms with Crippen LogP contribution in [0.1, 0.15) is 71.4 Å². The van der Waals surface area contributed by atoms with Crippen LogP contribution in [0.2, 0.25) is 0 Å². The highest BCUT2D eigenvalue weighted by Crippen LogP contribution is 2.37. The molecule has 0 saturated carbocycles. The van der Waals surface area contributed by atoms with Gasteiger partial charge in [-0.1, -0.05) is 45.1 Å². The quantitative estimate of drug-likeness (QED) is 0.451. The minimum Gasteiger partial charge on any atom is -0.327 e. The summed E-state index contributed by atoms with van der Waals surface area (Å²) in [4.78, 5) is 0. The molecule has 0 fully saturated rings. The van der Waals surface area contributed by atoms with E-state index in [9.17, 15) is 0 Å². The van der Waals surface area contributed by atoms with E-state index in [1.807, 2.05) is 0 Å². The largest absolute Gasteiger partial charge is 0.327 e. The van der Waals surface area contributed by atoms with Gasteiger partial charge in [-0.2, -0.15) is 0 Å². The minimum absolute atomic E-state index is 0.100. The third kappa shape index (κ3) is 2.74. The van der Waals surface area contributed by atoms with Crippen molar-refractivity contribution in [1.29, 1.82) is 0 Å². The fourth-order valence-electron chi connectivity index (χ4n) is 6.53. The molecule has 35 heavy (non-hydrogen) atoms. The maximum atomic E-state index is 4.52. The summed E-state index contributed by atoms with van der Waals surface area (Å²) in [7, 11) is 9.01. The van der Waals surface area contributed by atoms with Gasteiger partial charge in [0.1, 0.15) is 29.0 Å². The number of rotatable bonds is 3. The second-order valence-electron chi connectivity index (χ2n) is 9.76. The summed E-state index contributed by atoms with van der Waals surface area (Å²) in [6.07, 6.45) is 11.9. The van der Waals surface area contributed by atoms with Crippen LogP contribution in [-0.4, -0.2) is 29.7 Å². The predicted molar refractivity (Wildman–Crippen MR) is 145 cm³/mol. The van der Waals surface area contributed by atoms with Crippen molar-refractivity contribution >= 4 is 33.7 Å². The molecular formula is C31H34N4. The molecule has 4 heteroatoms. The fraction of sp³-hybridized carbons (Fsp3) is 0.290. The zero-order valence-corrected chi connectivity index (χ0v) is 21.5. The monoisotopic (exact) mass is 462 g/mol. The first-order chi connectivity index (χ1) is 16.9. The van der Waals surface area contributed by atoms with Crippen LogP contribution >= 0.6 is 0 Å². The molecule has 0 spiro atoms. The lowest BCUT2D eigenvalue weighted by Gasteiger charge is -2.29. The second-order valence-corrected chi connectivity index (χ2v) is 9.76. The van der Waals surface area contributed by atoms with Gasteiger partial charge in [-0.15, -0.1) is 0 Å². The molecule has 0 radical (unpaired) electrons. The summed E-state index contributed by atoms with van der Waals surface area (Å²) < 4.78 is 9.38. The van der Waals surface area contributed by atoms with Gasteiger partial charge in [0.15, 0.2) is 0 Å². The van der Waals surface area contributed by atoms with Gasteiger partial charge >= 0.3 is 0 Å². The van der Waals surface area contributed by atoms with Crippen LogP contribution in [0.5, 0.6) is 0 Å². The molecule has 6 heterocycles. The minimum atomic E-state index is 0.100. The Morgan fingerprint density at radius 3 is 1.77 bits per heavy atom. The zero-order valence-electron chi connectivity index (χ0n) is 21.5. The summed E-state index contributed by atoms with van der Waals surface area (Å²) in [6, 6.07) is 9.22. The maximum absolute atomic E-state index is 4.52. The second kappa shape index (κ2) is 7.67. The molecule has 4 aliphatic heterocycles. The molecule has 6 bridgehead atoms. The average molecular weight is 463 g/mol. The molecule has 178 valence electrons. The lowest BCUT2D eigenvalue weighted by molar-refractivity contribution is -0.396. The summed E-state index contributed by atoms with van der Waals surface area (Å²) >= 11 is 0. The van der Waals surface area contributed by atoms with E-state index in [0.29, 0.717) is 0 Å². The summed E-state index contributed by atoms with van der Waals surface area (Å²) in [6.45, 7) is 11.3. The molecular weight excluding hydrogens is 428 g/mol. The van der Waals surface area contributed by atoms with Gasteiger partial charge in [-0.05, 0) is 79.7 Å². The van der Waals surface area contributed by atoms with Crippen LogP contribution in [0.4, 0.5) is 0 Å². The van der Waals surface area contributed by atoms with Crippen LogP contribution < -0.4 is 10.7 Å². The Balaban J connectivity index is 1.93. The van der Waals surface area contributed by atoms with E-state index in [1.54, 1.807) is 0 Å². The lowest BCUT2D eigenvalue weighted by atomic mass is 10.1. The maximum Gasteiger partial charge on any atom is 0.109 e. The van der Waals surface area contributed by atoms with E-state index in [1.165, 1.54) is 61.5 Å². The van der Waals surface area contributed by atoms with Gasteiger partial charge < -0.3 is 18.3 Å². The number of hydrogen-bond donors (Lipinski definition) is 0. The van der Waals surface area contributed by atoms with Crippen molar-refractivity contribution in [2.24, 2.45) is 0 Å². The van der Waals surface area contributed by atoms with Gasteiger partial charge in [0.05, 0.1) is 0 Å². The Morgan fingerprint density at radius 1 is 0.686 bits per heavy atom. The van der Waals surface area contributed by atoms with E-state index in [4.69, 9.17) is 0 Å². The highest BCUT2D eigenvalue weighted by Gasteiger charge is 2.29. The van der Waals surface area contributed by atoms with Crippen LogP contribution in [0.15, 0.2) is 60.0 Å². The molecule has 0 aliphatic carbocycles. The molecule has 2 aromatic rings. The number of aromatic nitrogens is 2. The Bertz CT molecular complexity index is 1600. The Kier molecular flexibility index (Phi) is 4.79. The van der Waals surface area contributed by atoms with Crippen molar-refractivity contribution in [3.8, 4) is 0 Å². The molecule has 1 unspecified atom stereocenters. The van der Waals surface area contributed by atoms with Crippen LogP contribution in [0.25, 0.3) is 22.3 Å².